The van der Waals surface area contributed by atoms with Gasteiger partial charge in [-0.2, -0.15) is 0 Å². The highest BCUT2D eigenvalue weighted by Crippen LogP contribution is 1.75. The van der Waals surface area contributed by atoms with Gasteiger partial charge in [0.2, 0.25) is 0 Å². The van der Waals surface area contributed by atoms with E-state index in [0.717, 1.165) is 0 Å². The van der Waals surface area contributed by atoms with E-state index in [2.05, 4.69) is 0 Å². The van der Waals surface area contributed by atoms with Gasteiger partial charge in [0.1, 0.15) is 11.6 Å². The Kier molecular flexibility index (Phi) is 255. The first-order chi connectivity index (χ1) is 14.8. The topological polar surface area (TPSA) is 34.1 Å². The zero-order chi connectivity index (χ0) is 28.8. The van der Waals surface area contributed by atoms with Crippen molar-refractivity contribution in [2.75, 3.05) is 42.7 Å². The van der Waals surface area contributed by atoms with Crippen LogP contribution in [0.3, 0.4) is 0 Å². The minimum absolute atomic E-state index is 0.167. The van der Waals surface area contributed by atoms with Crippen molar-refractivity contribution in [1.82, 2.24) is 0 Å². The molecule has 0 aliphatic heterocycles. The normalized spacial score (nSPS) is 6.12. The highest BCUT2D eigenvalue weighted by molar-refractivity contribution is 6.42. The van der Waals surface area contributed by atoms with Crippen molar-refractivity contribution in [2.45, 2.75) is 27.7 Å². The Bertz CT molecular complexity index is 162. The number of alkyl halides is 16. The fraction of sp³-hybridized carbons (Fsp3) is 0.857. The molecule has 0 N–H and O–H groups in total. The quantitative estimate of drug-likeness (QED) is 0.229. The molecule has 2 nitrogen and oxygen atoms in total. The van der Waals surface area contributed by atoms with Crippen LogP contribution in [0, 0.1) is 0 Å². The lowest BCUT2D eigenvalue weighted by molar-refractivity contribution is -0.115. The summed E-state index contributed by atoms with van der Waals surface area (Å²) in [5.74, 6) is 0.333. The van der Waals surface area contributed by atoms with Gasteiger partial charge in [-0.3, -0.25) is 0 Å². The molecule has 0 aliphatic carbocycles. The maximum absolute atomic E-state index is 9.44. The maximum Gasteiger partial charge on any atom is 0.126 e. The van der Waals surface area contributed by atoms with E-state index in [9.17, 15) is 9.59 Å². The van der Waals surface area contributed by atoms with Gasteiger partial charge in [-0.05, 0) is 27.7 Å². The van der Waals surface area contributed by atoms with Crippen LogP contribution in [0.25, 0.3) is 0 Å². The Morgan fingerprint density at radius 3 is 0.312 bits per heavy atom. The number of rotatable bonds is 0. The van der Waals surface area contributed by atoms with E-state index in [4.69, 9.17) is 186 Å². The third kappa shape index (κ3) is 2330. The van der Waals surface area contributed by atoms with Crippen molar-refractivity contribution < 1.29 is 9.59 Å². The average molecular weight is 796 g/mol. The molecule has 0 aliphatic rings. The fourth-order valence-electron chi connectivity index (χ4n) is 0. The summed E-state index contributed by atoms with van der Waals surface area (Å²) in [6.07, 6.45) is 0. The van der Waals surface area contributed by atoms with E-state index >= 15 is 0 Å². The summed E-state index contributed by atoms with van der Waals surface area (Å²) in [5, 5.41) is 1.56. The lowest BCUT2D eigenvalue weighted by Gasteiger charge is -1.56. The third-order valence-electron chi connectivity index (χ3n) is 0. The second-order valence-corrected chi connectivity index (χ2v) is 9.09. The molecule has 0 rings (SSSR count). The first kappa shape index (κ1) is 65.2. The molecular weight excluding hydrogens is 767 g/mol. The molecule has 0 spiro atoms. The van der Waals surface area contributed by atoms with Gasteiger partial charge >= 0.3 is 0 Å². The summed E-state index contributed by atoms with van der Waals surface area (Å²) in [6.45, 7) is 6.11. The van der Waals surface area contributed by atoms with Crippen molar-refractivity contribution in [3.63, 3.8) is 0 Å². The third-order valence-corrected chi connectivity index (χ3v) is 0. The number of carbonyl (C=O) groups excluding carboxylic acids is 2. The van der Waals surface area contributed by atoms with Crippen molar-refractivity contribution >= 4 is 197 Å². The van der Waals surface area contributed by atoms with E-state index in [1.165, 1.54) is 27.7 Å². The number of halogens is 16. The monoisotopic (exact) mass is 788 g/mol. The number of hydrogen-bond acceptors (Lipinski definition) is 2. The molecule has 32 heavy (non-hydrogen) atoms. The van der Waals surface area contributed by atoms with Crippen LogP contribution in [0.5, 0.6) is 0 Å². The molecule has 0 aromatic carbocycles. The standard InChI is InChI=1S/2C3H6O.8CH2Cl2/c2*1-3(2)4;8*2-1-3/h2*1-2H3;8*1H2. The number of Topliss-reactive ketones (excluding diaryl/α,β-unsaturated/α-hetero) is 2. The summed E-state index contributed by atoms with van der Waals surface area (Å²) in [6, 6.07) is 0. The van der Waals surface area contributed by atoms with Crippen LogP contribution in [0.1, 0.15) is 27.7 Å². The van der Waals surface area contributed by atoms with E-state index in [1.807, 2.05) is 0 Å². The van der Waals surface area contributed by atoms with Crippen LogP contribution in [-0.2, 0) is 9.59 Å². The molecule has 0 bridgehead atoms. The molecular formula is C14H28Cl16O2. The van der Waals surface area contributed by atoms with Crippen LogP contribution in [0.4, 0.5) is 0 Å². The molecule has 0 heterocycles. The number of ketones is 2. The molecule has 18 heteroatoms. The Morgan fingerprint density at radius 2 is 0.312 bits per heavy atom. The van der Waals surface area contributed by atoms with Crippen LogP contribution >= 0.6 is 186 Å². The zero-order valence-corrected chi connectivity index (χ0v) is 29.6. The van der Waals surface area contributed by atoms with Crippen molar-refractivity contribution in [2.24, 2.45) is 0 Å². The largest absolute Gasteiger partial charge is 0.300 e. The molecule has 0 saturated carbocycles. The van der Waals surface area contributed by atoms with E-state index in [-0.39, 0.29) is 54.3 Å². The molecule has 0 aromatic rings. The van der Waals surface area contributed by atoms with Crippen LogP contribution < -0.4 is 0 Å². The minimum Gasteiger partial charge on any atom is -0.300 e. The molecule has 0 amide bonds. The molecule has 208 valence electrons. The lowest BCUT2D eigenvalue weighted by Crippen LogP contribution is -1.69. The smallest absolute Gasteiger partial charge is 0.126 e. The molecule has 0 saturated heterocycles. The second kappa shape index (κ2) is 125. The Hall–Kier alpha value is 3.98. The van der Waals surface area contributed by atoms with Crippen molar-refractivity contribution in [3.05, 3.63) is 0 Å². The first-order valence-corrected chi connectivity index (χ1v) is 15.2. The van der Waals surface area contributed by atoms with Gasteiger partial charge in [0.05, 0.1) is 42.7 Å². The second-order valence-electron chi connectivity index (χ2n) is 2.62. The van der Waals surface area contributed by atoms with Crippen LogP contribution in [-0.4, -0.2) is 54.3 Å². The van der Waals surface area contributed by atoms with Crippen molar-refractivity contribution in [3.8, 4) is 0 Å². The van der Waals surface area contributed by atoms with Gasteiger partial charge in [0, 0.05) is 0 Å². The SMILES string of the molecule is CC(C)=O.CC(C)=O.ClCCl.ClCCl.ClCCl.ClCCl.ClCCl.ClCCl.ClCCl.ClCCl. The van der Waals surface area contributed by atoms with E-state index in [1.54, 1.807) is 0 Å². The highest BCUT2D eigenvalue weighted by atomic mass is 35.6. The summed E-state index contributed by atoms with van der Waals surface area (Å²) >= 11 is 76.2. The number of carbonyl (C=O) groups is 2. The Labute approximate surface area is 274 Å². The fourth-order valence-corrected chi connectivity index (χ4v) is 0. The molecule has 0 atom stereocenters. The van der Waals surface area contributed by atoms with Crippen LogP contribution in [0.15, 0.2) is 0 Å². The molecule has 0 aromatic heterocycles. The van der Waals surface area contributed by atoms with Gasteiger partial charge in [0.25, 0.3) is 0 Å². The van der Waals surface area contributed by atoms with E-state index in [0.29, 0.717) is 0 Å². The summed E-state index contributed by atoms with van der Waals surface area (Å²) in [4.78, 5) is 18.9. The predicted molar refractivity (Wildman–Crippen MR) is 165 cm³/mol. The van der Waals surface area contributed by atoms with Gasteiger partial charge in [-0.25, -0.2) is 0 Å². The van der Waals surface area contributed by atoms with Crippen LogP contribution in [0.2, 0.25) is 0 Å². The zero-order valence-electron chi connectivity index (χ0n) is 17.5. The van der Waals surface area contributed by atoms with Gasteiger partial charge < -0.3 is 9.59 Å². The molecule has 0 unspecified atom stereocenters. The lowest BCUT2D eigenvalue weighted by atomic mass is 10.6. The first-order valence-electron chi connectivity index (χ1n) is 6.68. The van der Waals surface area contributed by atoms with Gasteiger partial charge in [0.15, 0.2) is 0 Å². The minimum atomic E-state index is 0.167. The summed E-state index contributed by atoms with van der Waals surface area (Å²) in [7, 11) is 0. The Morgan fingerprint density at radius 1 is 0.312 bits per heavy atom. The molecule has 0 fully saturated rings. The molecule has 0 radical (unpaired) electrons. The number of hydrogen-bond donors (Lipinski definition) is 0. The van der Waals surface area contributed by atoms with Gasteiger partial charge in [-0.1, -0.05) is 0 Å². The van der Waals surface area contributed by atoms with Gasteiger partial charge in [-0.15, -0.1) is 186 Å². The summed E-state index contributed by atoms with van der Waals surface area (Å²) < 4.78 is 0. The predicted octanol–water partition coefficient (Wildman–Crippen LogP) is 12.6. The summed E-state index contributed by atoms with van der Waals surface area (Å²) in [5.41, 5.74) is 0. The Balaban J connectivity index is -0.0000000211. The average Bonchev–Trinajstić information content (AvgIpc) is 2.59. The van der Waals surface area contributed by atoms with E-state index < -0.39 is 0 Å². The maximum atomic E-state index is 9.44. The van der Waals surface area contributed by atoms with Crippen molar-refractivity contribution in [1.29, 1.82) is 0 Å². The highest BCUT2D eigenvalue weighted by Gasteiger charge is 1.62.